The van der Waals surface area contributed by atoms with E-state index in [2.05, 4.69) is 13.2 Å². The maximum absolute atomic E-state index is 12.7. The lowest BCUT2D eigenvalue weighted by Crippen LogP contribution is -1.80. The molecule has 1 saturated heterocycles. The smallest absolute Gasteiger partial charge is 0.129 e. The number of halogens is 1. The molecule has 10 heavy (non-hydrogen) atoms. The van der Waals surface area contributed by atoms with E-state index in [1.807, 2.05) is 0 Å². The highest BCUT2D eigenvalue weighted by Crippen LogP contribution is 2.26. The Morgan fingerprint density at radius 1 is 1.70 bits per heavy atom. The van der Waals surface area contributed by atoms with Gasteiger partial charge in [-0.1, -0.05) is 13.2 Å². The third-order valence-corrected chi connectivity index (χ3v) is 1.43. The Morgan fingerprint density at radius 2 is 2.40 bits per heavy atom. The first-order valence-electron chi connectivity index (χ1n) is 3.09. The lowest BCUT2D eigenvalue weighted by Gasteiger charge is -1.95. The minimum Gasteiger partial charge on any atom is -0.493 e. The molecule has 0 amide bonds. The summed E-state index contributed by atoms with van der Waals surface area (Å²) in [6, 6.07) is 0. The average molecular weight is 140 g/mol. The van der Waals surface area contributed by atoms with Crippen molar-refractivity contribution in [2.75, 3.05) is 6.61 Å². The van der Waals surface area contributed by atoms with Gasteiger partial charge in [-0.2, -0.15) is 0 Å². The first kappa shape index (κ1) is 7.06. The lowest BCUT2D eigenvalue weighted by molar-refractivity contribution is 0.267. The second-order valence-electron chi connectivity index (χ2n) is 2.05. The molecule has 0 aromatic rings. The third-order valence-electron chi connectivity index (χ3n) is 1.43. The normalized spacial score (nSPS) is 22.3. The van der Waals surface area contributed by atoms with E-state index in [0.717, 1.165) is 0 Å². The van der Waals surface area contributed by atoms with Crippen LogP contribution < -0.4 is 0 Å². The molecule has 1 heterocycles. The van der Waals surface area contributed by atoms with Crippen LogP contribution in [0.15, 0.2) is 36.4 Å². The molecule has 1 nitrogen and oxygen atoms in total. The van der Waals surface area contributed by atoms with Gasteiger partial charge in [-0.15, -0.1) is 0 Å². The zero-order valence-electron chi connectivity index (χ0n) is 5.69. The SMILES string of the molecule is C=C/C(F)=C1/CCOC1=C. The van der Waals surface area contributed by atoms with Crippen molar-refractivity contribution in [3.05, 3.63) is 36.4 Å². The molecule has 0 aromatic carbocycles. The van der Waals surface area contributed by atoms with Crippen LogP contribution in [-0.2, 0) is 4.74 Å². The second-order valence-corrected chi connectivity index (χ2v) is 2.05. The summed E-state index contributed by atoms with van der Waals surface area (Å²) in [5.74, 6) is 0.125. The molecule has 1 rings (SSSR count). The molecule has 1 aliphatic rings. The van der Waals surface area contributed by atoms with Gasteiger partial charge in [-0.3, -0.25) is 0 Å². The molecule has 54 valence electrons. The van der Waals surface area contributed by atoms with E-state index in [9.17, 15) is 4.39 Å². The maximum Gasteiger partial charge on any atom is 0.129 e. The van der Waals surface area contributed by atoms with Crippen LogP contribution in [-0.4, -0.2) is 6.61 Å². The van der Waals surface area contributed by atoms with Crippen molar-refractivity contribution in [3.63, 3.8) is 0 Å². The highest BCUT2D eigenvalue weighted by Gasteiger charge is 2.15. The fourth-order valence-corrected chi connectivity index (χ4v) is 0.879. The van der Waals surface area contributed by atoms with Gasteiger partial charge in [0, 0.05) is 12.0 Å². The van der Waals surface area contributed by atoms with Gasteiger partial charge in [-0.25, -0.2) is 4.39 Å². The molecule has 1 fully saturated rings. The van der Waals surface area contributed by atoms with Gasteiger partial charge in [0.1, 0.15) is 11.6 Å². The van der Waals surface area contributed by atoms with E-state index >= 15 is 0 Å². The summed E-state index contributed by atoms with van der Waals surface area (Å²) in [4.78, 5) is 0. The Bertz CT molecular complexity index is 203. The molecule has 0 aliphatic carbocycles. The molecule has 2 heteroatoms. The van der Waals surface area contributed by atoms with Crippen LogP contribution in [0.2, 0.25) is 0 Å². The summed E-state index contributed by atoms with van der Waals surface area (Å²) in [5, 5.41) is 0. The molecule has 0 saturated carbocycles. The number of rotatable bonds is 1. The maximum atomic E-state index is 12.7. The summed E-state index contributed by atoms with van der Waals surface area (Å²) in [5.41, 5.74) is 0.551. The predicted octanol–water partition coefficient (Wildman–Crippen LogP) is 2.33. The largest absolute Gasteiger partial charge is 0.493 e. The van der Waals surface area contributed by atoms with Crippen LogP contribution in [0.25, 0.3) is 0 Å². The predicted molar refractivity (Wildman–Crippen MR) is 38.0 cm³/mol. The standard InChI is InChI=1S/C8H9FO/c1-3-8(9)7-4-5-10-6(7)2/h3H,1-2,4-5H2/b8-7+. The molecule has 0 aromatic heterocycles. The van der Waals surface area contributed by atoms with E-state index in [1.165, 1.54) is 6.08 Å². The monoisotopic (exact) mass is 140 g/mol. The Balaban J connectivity index is 2.89. The highest BCUT2D eigenvalue weighted by atomic mass is 19.1. The molecular formula is C8H9FO. The quantitative estimate of drug-likeness (QED) is 0.543. The van der Waals surface area contributed by atoms with Gasteiger partial charge < -0.3 is 4.74 Å². The van der Waals surface area contributed by atoms with Crippen molar-refractivity contribution >= 4 is 0 Å². The zero-order chi connectivity index (χ0) is 7.56. The Morgan fingerprint density at radius 3 is 2.80 bits per heavy atom. The molecular weight excluding hydrogens is 131 g/mol. The van der Waals surface area contributed by atoms with E-state index in [0.29, 0.717) is 24.4 Å². The lowest BCUT2D eigenvalue weighted by atomic mass is 10.2. The molecule has 1 aliphatic heterocycles. The minimum absolute atomic E-state index is 0.317. The number of hydrogen-bond donors (Lipinski definition) is 0. The van der Waals surface area contributed by atoms with Gasteiger partial charge in [-0.05, 0) is 6.08 Å². The molecule has 0 radical (unpaired) electrons. The van der Waals surface area contributed by atoms with Crippen LogP contribution in [0.4, 0.5) is 4.39 Å². The topological polar surface area (TPSA) is 9.23 Å². The van der Waals surface area contributed by atoms with Gasteiger partial charge in [0.15, 0.2) is 0 Å². The minimum atomic E-state index is -0.317. The molecule has 0 N–H and O–H groups in total. The summed E-state index contributed by atoms with van der Waals surface area (Å²) < 4.78 is 17.7. The molecule has 0 atom stereocenters. The summed E-state index contributed by atoms with van der Waals surface area (Å²) in [7, 11) is 0. The van der Waals surface area contributed by atoms with Crippen molar-refractivity contribution in [2.24, 2.45) is 0 Å². The molecule has 0 bridgehead atoms. The van der Waals surface area contributed by atoms with E-state index in [1.54, 1.807) is 0 Å². The number of allylic oxidation sites excluding steroid dienone is 3. The van der Waals surface area contributed by atoms with Crippen LogP contribution >= 0.6 is 0 Å². The number of hydrogen-bond acceptors (Lipinski definition) is 1. The van der Waals surface area contributed by atoms with Crippen molar-refractivity contribution in [1.29, 1.82) is 0 Å². The van der Waals surface area contributed by atoms with Crippen LogP contribution in [0.3, 0.4) is 0 Å². The summed E-state index contributed by atoms with van der Waals surface area (Å²) >= 11 is 0. The zero-order valence-corrected chi connectivity index (χ0v) is 5.69. The summed E-state index contributed by atoms with van der Waals surface area (Å²) in [6.07, 6.45) is 1.78. The summed E-state index contributed by atoms with van der Waals surface area (Å²) in [6.45, 7) is 7.38. The number of ether oxygens (including phenoxy) is 1. The van der Waals surface area contributed by atoms with E-state index in [-0.39, 0.29) is 5.83 Å². The average Bonchev–Trinajstić information content (AvgIpc) is 2.34. The first-order valence-corrected chi connectivity index (χ1v) is 3.09. The van der Waals surface area contributed by atoms with Gasteiger partial charge in [0.25, 0.3) is 0 Å². The van der Waals surface area contributed by atoms with Crippen LogP contribution in [0, 0.1) is 0 Å². The third kappa shape index (κ3) is 1.10. The Kier molecular flexibility index (Phi) is 1.90. The van der Waals surface area contributed by atoms with Crippen molar-refractivity contribution < 1.29 is 9.13 Å². The van der Waals surface area contributed by atoms with Gasteiger partial charge in [0.2, 0.25) is 0 Å². The van der Waals surface area contributed by atoms with Crippen LogP contribution in [0.5, 0.6) is 0 Å². The second kappa shape index (κ2) is 2.69. The van der Waals surface area contributed by atoms with Gasteiger partial charge in [0.05, 0.1) is 6.61 Å². The van der Waals surface area contributed by atoms with Crippen molar-refractivity contribution in [2.45, 2.75) is 6.42 Å². The van der Waals surface area contributed by atoms with E-state index in [4.69, 9.17) is 4.74 Å². The Labute approximate surface area is 59.5 Å². The van der Waals surface area contributed by atoms with Crippen molar-refractivity contribution in [3.8, 4) is 0 Å². The Hall–Kier alpha value is -1.05. The van der Waals surface area contributed by atoms with Crippen molar-refractivity contribution in [1.82, 2.24) is 0 Å². The fourth-order valence-electron chi connectivity index (χ4n) is 0.879. The highest BCUT2D eigenvalue weighted by molar-refractivity contribution is 5.33. The fraction of sp³-hybridized carbons (Fsp3) is 0.250. The molecule has 0 unspecified atom stereocenters. The van der Waals surface area contributed by atoms with E-state index < -0.39 is 0 Å². The van der Waals surface area contributed by atoms with Crippen LogP contribution in [0.1, 0.15) is 6.42 Å². The molecule has 0 spiro atoms. The first-order chi connectivity index (χ1) is 4.75. The van der Waals surface area contributed by atoms with Gasteiger partial charge >= 0.3 is 0 Å².